The number of para-hydroxylation sites is 1. The van der Waals surface area contributed by atoms with Gasteiger partial charge in [-0.15, -0.1) is 0 Å². The van der Waals surface area contributed by atoms with Crippen molar-refractivity contribution in [2.24, 2.45) is 11.7 Å². The first-order chi connectivity index (χ1) is 20.6. The summed E-state index contributed by atoms with van der Waals surface area (Å²) in [5, 5.41) is 27.9. The van der Waals surface area contributed by atoms with Crippen LogP contribution in [-0.2, 0) is 23.4 Å². The molecule has 1 aliphatic heterocycles. The van der Waals surface area contributed by atoms with Gasteiger partial charge in [0.15, 0.2) is 5.82 Å². The lowest BCUT2D eigenvalue weighted by molar-refractivity contribution is -0.147. The first-order valence-corrected chi connectivity index (χ1v) is 15.7. The molecule has 1 aliphatic carbocycles. The van der Waals surface area contributed by atoms with Gasteiger partial charge in [0.2, 0.25) is 5.60 Å². The predicted octanol–water partition coefficient (Wildman–Crippen LogP) is 2.64. The summed E-state index contributed by atoms with van der Waals surface area (Å²) in [7, 11) is -4.33. The van der Waals surface area contributed by atoms with Crippen LogP contribution >= 0.6 is 7.75 Å². The Kier molecular flexibility index (Phi) is 9.31. The molecule has 0 spiro atoms. The Bertz CT molecular complexity index is 1510. The van der Waals surface area contributed by atoms with E-state index in [1.807, 2.05) is 6.07 Å². The van der Waals surface area contributed by atoms with Gasteiger partial charge in [-0.2, -0.15) is 15.4 Å². The number of anilines is 1. The number of nitrogens with zero attached hydrogens (tertiary/aromatic N) is 4. The summed E-state index contributed by atoms with van der Waals surface area (Å²) < 4.78 is 38.5. The van der Waals surface area contributed by atoms with E-state index in [4.69, 9.17) is 30.0 Å². The normalized spacial score (nSPS) is 27.7. The zero-order valence-corrected chi connectivity index (χ0v) is 24.6. The van der Waals surface area contributed by atoms with E-state index in [1.54, 1.807) is 42.5 Å². The zero-order valence-electron chi connectivity index (χ0n) is 23.7. The summed E-state index contributed by atoms with van der Waals surface area (Å²) >= 11 is 0. The Morgan fingerprint density at radius 2 is 2.02 bits per heavy atom. The lowest BCUT2D eigenvalue weighted by Crippen LogP contribution is -2.43. The summed E-state index contributed by atoms with van der Waals surface area (Å²) in [5.74, 6) is 0.0371. The van der Waals surface area contributed by atoms with Crippen LogP contribution < -0.4 is 21.1 Å². The highest BCUT2D eigenvalue weighted by Gasteiger charge is 2.52. The van der Waals surface area contributed by atoms with Crippen LogP contribution in [0, 0.1) is 17.2 Å². The molecule has 2 aromatic heterocycles. The molecule has 3 heterocycles. The van der Waals surface area contributed by atoms with E-state index in [0.717, 1.165) is 25.7 Å². The van der Waals surface area contributed by atoms with Crippen molar-refractivity contribution in [1.82, 2.24) is 19.7 Å². The number of nitrogens with two attached hydrogens (primary N) is 2. The van der Waals surface area contributed by atoms with Crippen LogP contribution in [0.25, 0.3) is 5.52 Å². The lowest BCUT2D eigenvalue weighted by Gasteiger charge is -2.29. The van der Waals surface area contributed by atoms with Crippen molar-refractivity contribution in [3.8, 4) is 11.8 Å². The van der Waals surface area contributed by atoms with Crippen LogP contribution in [0.2, 0.25) is 0 Å². The molecule has 1 saturated heterocycles. The number of hydrogen-bond acceptors (Lipinski definition) is 12. The number of esters is 1. The minimum Gasteiger partial charge on any atom is -0.464 e. The number of benzene rings is 1. The number of nitrogens with one attached hydrogen (secondary N) is 1. The fourth-order valence-corrected chi connectivity index (χ4v) is 6.82. The number of carbonyl (C=O) groups is 1. The number of aliphatic hydroxyl groups is 1. The average molecular weight is 614 g/mol. The van der Waals surface area contributed by atoms with Gasteiger partial charge >= 0.3 is 13.7 Å². The predicted molar refractivity (Wildman–Crippen MR) is 154 cm³/mol. The maximum absolute atomic E-state index is 14.0. The molecule has 0 radical (unpaired) electrons. The molecule has 2 aliphatic rings. The highest BCUT2D eigenvalue weighted by atomic mass is 31.2. The van der Waals surface area contributed by atoms with E-state index < -0.39 is 44.2 Å². The molecule has 14 nitrogen and oxygen atoms in total. The van der Waals surface area contributed by atoms with E-state index in [2.05, 4.69) is 15.2 Å². The third kappa shape index (κ3) is 6.99. The SMILES string of the molecule is C[C@H](NP(=O)(OC[C@@]1(C#N)O[C@@H](c2ccc3c(N)ncnn23)C[C@@H]1O)Oc1ccccc1)C(=O)OC[C@H]1CC[C@H](N)CC1. The number of aliphatic hydroxyl groups excluding tert-OH is 1. The largest absolute Gasteiger partial charge is 0.464 e. The molecular weight excluding hydrogens is 577 g/mol. The van der Waals surface area contributed by atoms with Crippen molar-refractivity contribution in [3.05, 3.63) is 54.5 Å². The molecule has 2 fully saturated rings. The van der Waals surface area contributed by atoms with Gasteiger partial charge in [-0.3, -0.25) is 9.32 Å². The van der Waals surface area contributed by atoms with Crippen molar-refractivity contribution < 1.29 is 33.0 Å². The number of carbonyl (C=O) groups excluding carboxylic acids is 1. The fourth-order valence-electron chi connectivity index (χ4n) is 5.30. The second-order valence-electron chi connectivity index (χ2n) is 11.0. The highest BCUT2D eigenvalue weighted by molar-refractivity contribution is 7.52. The van der Waals surface area contributed by atoms with E-state index in [-0.39, 0.29) is 36.6 Å². The molecule has 1 unspecified atom stereocenters. The van der Waals surface area contributed by atoms with Crippen LogP contribution in [0.15, 0.2) is 48.8 Å². The molecule has 0 amide bonds. The summed E-state index contributed by atoms with van der Waals surface area (Å²) in [5.41, 5.74) is 11.1. The van der Waals surface area contributed by atoms with E-state index in [0.29, 0.717) is 11.2 Å². The molecule has 5 atom stereocenters. The quantitative estimate of drug-likeness (QED) is 0.181. The Labute approximate surface area is 248 Å². The molecule has 5 rings (SSSR count). The van der Waals surface area contributed by atoms with Crippen LogP contribution in [0.3, 0.4) is 0 Å². The number of fused-ring (bicyclic) bond motifs is 1. The second kappa shape index (κ2) is 13.0. The Morgan fingerprint density at radius 1 is 1.28 bits per heavy atom. The van der Waals surface area contributed by atoms with Gasteiger partial charge in [0, 0.05) is 12.5 Å². The molecule has 43 heavy (non-hydrogen) atoms. The number of nitrogen functional groups attached to an aromatic ring is 1. The van der Waals surface area contributed by atoms with Gasteiger partial charge in [-0.1, -0.05) is 18.2 Å². The Hall–Kier alpha value is -3.57. The first-order valence-electron chi connectivity index (χ1n) is 14.2. The number of rotatable bonds is 11. The number of aromatic nitrogens is 3. The summed E-state index contributed by atoms with van der Waals surface area (Å²) in [6.07, 6.45) is 2.73. The third-order valence-corrected chi connectivity index (χ3v) is 9.46. The van der Waals surface area contributed by atoms with Crippen molar-refractivity contribution in [2.45, 2.75) is 68.9 Å². The summed E-state index contributed by atoms with van der Waals surface area (Å²) in [6.45, 7) is 1.07. The first kappa shape index (κ1) is 30.9. The zero-order chi connectivity index (χ0) is 30.6. The fraction of sp³-hybridized carbons (Fsp3) is 0.500. The molecule has 3 aromatic rings. The van der Waals surface area contributed by atoms with Gasteiger partial charge in [-0.25, -0.2) is 14.1 Å². The maximum Gasteiger partial charge on any atom is 0.459 e. The molecule has 1 saturated carbocycles. The van der Waals surface area contributed by atoms with E-state index in [9.17, 15) is 19.7 Å². The smallest absolute Gasteiger partial charge is 0.459 e. The van der Waals surface area contributed by atoms with E-state index in [1.165, 1.54) is 17.8 Å². The van der Waals surface area contributed by atoms with Crippen molar-refractivity contribution in [2.75, 3.05) is 18.9 Å². The van der Waals surface area contributed by atoms with Gasteiger partial charge in [0.25, 0.3) is 0 Å². The Balaban J connectivity index is 1.29. The molecule has 6 N–H and O–H groups in total. The topological polar surface area (TPSA) is 209 Å². The number of hydrogen-bond donors (Lipinski definition) is 4. The van der Waals surface area contributed by atoms with Crippen LogP contribution in [-0.4, -0.2) is 62.7 Å². The van der Waals surface area contributed by atoms with Crippen molar-refractivity contribution >= 4 is 25.1 Å². The second-order valence-corrected chi connectivity index (χ2v) is 12.7. The molecule has 15 heteroatoms. The lowest BCUT2D eigenvalue weighted by atomic mass is 9.87. The van der Waals surface area contributed by atoms with Gasteiger partial charge < -0.3 is 30.6 Å². The minimum atomic E-state index is -4.33. The average Bonchev–Trinajstić information content (AvgIpc) is 3.58. The van der Waals surface area contributed by atoms with Crippen LogP contribution in [0.4, 0.5) is 5.82 Å². The van der Waals surface area contributed by atoms with Gasteiger partial charge in [-0.05, 0) is 62.8 Å². The summed E-state index contributed by atoms with van der Waals surface area (Å²) in [4.78, 5) is 16.8. The van der Waals surface area contributed by atoms with Crippen LogP contribution in [0.1, 0.15) is 50.8 Å². The molecular formula is C28H36N7O7P. The third-order valence-electron chi connectivity index (χ3n) is 7.83. The number of ether oxygens (including phenoxy) is 2. The van der Waals surface area contributed by atoms with Crippen LogP contribution in [0.5, 0.6) is 5.75 Å². The molecule has 0 bridgehead atoms. The summed E-state index contributed by atoms with van der Waals surface area (Å²) in [6, 6.07) is 12.7. The van der Waals surface area contributed by atoms with Gasteiger partial charge in [0.1, 0.15) is 48.5 Å². The van der Waals surface area contributed by atoms with Gasteiger partial charge in [0.05, 0.1) is 12.3 Å². The monoisotopic (exact) mass is 613 g/mol. The Morgan fingerprint density at radius 3 is 2.74 bits per heavy atom. The molecule has 1 aromatic carbocycles. The minimum absolute atomic E-state index is 0.0268. The van der Waals surface area contributed by atoms with Crippen molar-refractivity contribution in [1.29, 1.82) is 5.26 Å². The maximum atomic E-state index is 14.0. The highest BCUT2D eigenvalue weighted by Crippen LogP contribution is 2.48. The number of nitriles is 1. The molecule has 230 valence electrons. The standard InChI is InChI=1S/C28H36N7O7P/c1-18(27(37)39-14-19-7-9-20(30)10-8-19)34-43(38,42-21-5-3-2-4-6-21)40-16-28(15-29)25(36)13-24(41-28)22-11-12-23-26(31)32-17-33-35(22)23/h2-6,11-12,17-20,24-25,36H,7-10,13-14,16,30H2,1H3,(H,34,38)(H2,31,32,33)/t18-,19-,20-,24+,25-,28+,43?/m0/s1. The van der Waals surface area contributed by atoms with E-state index >= 15 is 0 Å². The van der Waals surface area contributed by atoms with Crippen molar-refractivity contribution in [3.63, 3.8) is 0 Å².